The van der Waals surface area contributed by atoms with Crippen molar-refractivity contribution in [1.82, 2.24) is 14.8 Å². The molecule has 1 unspecified atom stereocenters. The Morgan fingerprint density at radius 2 is 1.83 bits per heavy atom. The SMILES string of the molecule is CC1=[C-]CC=C1.[C-]1=Cc2ccccc2C1n1cnnc1.[Cl-].[Cl-].[Zr+4]. The number of halogens is 2. The minimum atomic E-state index is 0. The van der Waals surface area contributed by atoms with Crippen LogP contribution in [0, 0.1) is 12.2 Å². The maximum atomic E-state index is 3.80. The molecule has 1 atom stereocenters. The van der Waals surface area contributed by atoms with Crippen LogP contribution in [-0.4, -0.2) is 14.8 Å². The van der Waals surface area contributed by atoms with Gasteiger partial charge in [0.05, 0.1) is 0 Å². The molecule has 23 heavy (non-hydrogen) atoms. The molecule has 2 aliphatic rings. The first kappa shape index (κ1) is 22.0. The largest absolute Gasteiger partial charge is 4.00 e. The third kappa shape index (κ3) is 5.56. The maximum absolute atomic E-state index is 3.80. The van der Waals surface area contributed by atoms with E-state index in [0.717, 1.165) is 6.42 Å². The van der Waals surface area contributed by atoms with E-state index in [0.29, 0.717) is 0 Å². The van der Waals surface area contributed by atoms with Crippen LogP contribution in [0.5, 0.6) is 0 Å². The molecule has 0 bridgehead atoms. The topological polar surface area (TPSA) is 30.7 Å². The van der Waals surface area contributed by atoms with Crippen molar-refractivity contribution in [2.75, 3.05) is 0 Å². The van der Waals surface area contributed by atoms with Gasteiger partial charge in [0.1, 0.15) is 12.7 Å². The van der Waals surface area contributed by atoms with Crippen LogP contribution in [0.25, 0.3) is 6.08 Å². The summed E-state index contributed by atoms with van der Waals surface area (Å²) in [6, 6.07) is 8.41. The minimum absolute atomic E-state index is 0. The summed E-state index contributed by atoms with van der Waals surface area (Å²) in [4.78, 5) is 0. The van der Waals surface area contributed by atoms with Gasteiger partial charge in [-0.3, -0.25) is 6.08 Å². The Labute approximate surface area is 168 Å². The fraction of sp³-hybridized carbons (Fsp3) is 0.176. The zero-order valence-electron chi connectivity index (χ0n) is 12.6. The molecule has 6 heteroatoms. The van der Waals surface area contributed by atoms with E-state index in [4.69, 9.17) is 0 Å². The van der Waals surface area contributed by atoms with Crippen LogP contribution in [0.1, 0.15) is 30.5 Å². The van der Waals surface area contributed by atoms with Crippen LogP contribution in [-0.2, 0) is 26.2 Å². The molecule has 0 aliphatic heterocycles. The second-order valence-electron chi connectivity index (χ2n) is 4.72. The van der Waals surface area contributed by atoms with Gasteiger partial charge in [-0.15, -0.1) is 28.2 Å². The predicted octanol–water partition coefficient (Wildman–Crippen LogP) is -2.60. The van der Waals surface area contributed by atoms with E-state index in [-0.39, 0.29) is 57.1 Å². The molecule has 1 heterocycles. The third-order valence-corrected chi connectivity index (χ3v) is 3.29. The van der Waals surface area contributed by atoms with Crippen LogP contribution >= 0.6 is 0 Å². The van der Waals surface area contributed by atoms with E-state index in [1.807, 2.05) is 22.8 Å². The van der Waals surface area contributed by atoms with Crippen molar-refractivity contribution in [3.05, 3.63) is 77.9 Å². The molecule has 1 aromatic carbocycles. The zero-order chi connectivity index (χ0) is 13.8. The smallest absolute Gasteiger partial charge is 1.00 e. The number of fused-ring (bicyclic) bond motifs is 1. The number of rotatable bonds is 1. The molecule has 0 radical (unpaired) electrons. The third-order valence-electron chi connectivity index (χ3n) is 3.29. The van der Waals surface area contributed by atoms with Crippen LogP contribution in [0.15, 0.2) is 54.6 Å². The molecule has 116 valence electrons. The molecule has 0 saturated heterocycles. The summed E-state index contributed by atoms with van der Waals surface area (Å²) < 4.78 is 1.95. The van der Waals surface area contributed by atoms with Gasteiger partial charge in [-0.05, 0) is 6.04 Å². The van der Waals surface area contributed by atoms with Gasteiger partial charge >= 0.3 is 26.2 Å². The van der Waals surface area contributed by atoms with Crippen molar-refractivity contribution in [3.63, 3.8) is 0 Å². The normalized spacial score (nSPS) is 16.0. The molecule has 0 amide bonds. The Balaban J connectivity index is 0.000000469. The van der Waals surface area contributed by atoms with Crippen molar-refractivity contribution in [1.29, 1.82) is 0 Å². The van der Waals surface area contributed by atoms with Gasteiger partial charge in [0.25, 0.3) is 0 Å². The molecule has 2 aromatic rings. The Hall–Kier alpha value is -0.957. The van der Waals surface area contributed by atoms with Crippen LogP contribution in [0.2, 0.25) is 0 Å². The van der Waals surface area contributed by atoms with E-state index < -0.39 is 0 Å². The van der Waals surface area contributed by atoms with Crippen LogP contribution in [0.3, 0.4) is 0 Å². The molecule has 0 fully saturated rings. The number of allylic oxidation sites excluding steroid dienone is 5. The van der Waals surface area contributed by atoms with E-state index >= 15 is 0 Å². The van der Waals surface area contributed by atoms with Crippen molar-refractivity contribution < 1.29 is 51.0 Å². The van der Waals surface area contributed by atoms with Gasteiger partial charge in [-0.2, -0.15) is 11.6 Å². The molecule has 0 N–H and O–H groups in total. The molecule has 2 aliphatic carbocycles. The van der Waals surface area contributed by atoms with Gasteiger partial charge in [0.15, 0.2) is 0 Å². The summed E-state index contributed by atoms with van der Waals surface area (Å²) in [6.07, 6.45) is 17.1. The summed E-state index contributed by atoms with van der Waals surface area (Å²) in [5.41, 5.74) is 3.76. The molecule has 0 spiro atoms. The predicted molar refractivity (Wildman–Crippen MR) is 78.5 cm³/mol. The summed E-state index contributed by atoms with van der Waals surface area (Å²) in [5.74, 6) is 0. The Morgan fingerprint density at radius 3 is 2.39 bits per heavy atom. The molecular weight excluding hydrogens is 408 g/mol. The fourth-order valence-corrected chi connectivity index (χ4v) is 2.25. The molecular formula is C17H15Cl2N3Zr. The van der Waals surface area contributed by atoms with Crippen molar-refractivity contribution in [2.45, 2.75) is 19.4 Å². The molecule has 3 nitrogen and oxygen atoms in total. The maximum Gasteiger partial charge on any atom is 4.00 e. The Morgan fingerprint density at radius 1 is 1.13 bits per heavy atom. The quantitative estimate of drug-likeness (QED) is 0.471. The second-order valence-corrected chi connectivity index (χ2v) is 4.72. The molecule has 0 saturated carbocycles. The van der Waals surface area contributed by atoms with Crippen molar-refractivity contribution in [2.24, 2.45) is 0 Å². The summed E-state index contributed by atoms with van der Waals surface area (Å²) in [5, 5.41) is 7.60. The first-order valence-electron chi connectivity index (χ1n) is 6.61. The first-order chi connectivity index (χ1) is 9.84. The monoisotopic (exact) mass is 421 g/mol. The van der Waals surface area contributed by atoms with Crippen molar-refractivity contribution in [3.8, 4) is 0 Å². The van der Waals surface area contributed by atoms with E-state index in [1.165, 1.54) is 16.7 Å². The van der Waals surface area contributed by atoms with E-state index in [2.05, 4.69) is 53.6 Å². The second kappa shape index (κ2) is 10.7. The minimum Gasteiger partial charge on any atom is -1.00 e. The first-order valence-corrected chi connectivity index (χ1v) is 6.61. The number of hydrogen-bond acceptors (Lipinski definition) is 2. The van der Waals surface area contributed by atoms with Gasteiger partial charge in [-0.1, -0.05) is 25.1 Å². The molecule has 4 rings (SSSR count). The van der Waals surface area contributed by atoms with Gasteiger partial charge in [0, 0.05) is 0 Å². The summed E-state index contributed by atoms with van der Waals surface area (Å²) >= 11 is 0. The average molecular weight is 423 g/mol. The number of hydrogen-bond donors (Lipinski definition) is 0. The van der Waals surface area contributed by atoms with Gasteiger partial charge in [-0.25, -0.2) is 23.8 Å². The van der Waals surface area contributed by atoms with Gasteiger partial charge < -0.3 is 29.4 Å². The summed E-state index contributed by atoms with van der Waals surface area (Å²) in [6.45, 7) is 2.06. The molecule has 1 aromatic heterocycles. The van der Waals surface area contributed by atoms with Crippen LogP contribution < -0.4 is 24.8 Å². The van der Waals surface area contributed by atoms with Gasteiger partial charge in [0.2, 0.25) is 0 Å². The van der Waals surface area contributed by atoms with Crippen LogP contribution in [0.4, 0.5) is 0 Å². The van der Waals surface area contributed by atoms with E-state index in [9.17, 15) is 0 Å². The Kier molecular flexibility index (Phi) is 10.3. The standard InChI is InChI=1S/C11H8N3.C6H7.2ClH.Zr/c1-2-4-10-9(3-1)5-6-11(10)14-7-12-13-8-14;1-6-4-2-3-5-6;;;/h1-5,7-8,11H;2,4H,3H2,1H3;2*1H;/q2*-1;;;+4/p-2. The average Bonchev–Trinajstić information content (AvgIpc) is 3.19. The fourth-order valence-electron chi connectivity index (χ4n) is 2.25. The summed E-state index contributed by atoms with van der Waals surface area (Å²) in [7, 11) is 0. The number of aromatic nitrogens is 3. The van der Waals surface area contributed by atoms with E-state index in [1.54, 1.807) is 12.7 Å². The number of nitrogens with zero attached hydrogens (tertiary/aromatic N) is 3. The van der Waals surface area contributed by atoms with Crippen molar-refractivity contribution >= 4 is 6.08 Å². The number of benzene rings is 1. The zero-order valence-corrected chi connectivity index (χ0v) is 16.5. The Bertz CT molecular complexity index is 676.